The molecule has 2 heterocycles. The van der Waals surface area contributed by atoms with Crippen molar-refractivity contribution in [1.29, 1.82) is 0 Å². The first-order chi connectivity index (χ1) is 18.8. The average Bonchev–Trinajstić information content (AvgIpc) is 3.20. The van der Waals surface area contributed by atoms with E-state index in [0.717, 1.165) is 39.0 Å². The van der Waals surface area contributed by atoms with Crippen LogP contribution in [0.5, 0.6) is 17.4 Å². The van der Waals surface area contributed by atoms with E-state index in [1.807, 2.05) is 31.2 Å². The number of allylic oxidation sites excluding steroid dienone is 2. The zero-order valence-corrected chi connectivity index (χ0v) is 22.2. The van der Waals surface area contributed by atoms with Crippen LogP contribution >= 0.6 is 0 Å². The molecule has 3 aromatic rings. The van der Waals surface area contributed by atoms with Crippen LogP contribution in [0.25, 0.3) is 17.2 Å². The van der Waals surface area contributed by atoms with Gasteiger partial charge in [0.25, 0.3) is 0 Å². The number of carboxylic acids is 1. The molecule has 4 rings (SSSR count). The molecule has 1 aliphatic rings. The Balaban J connectivity index is 1.70. The molecular weight excluding hydrogens is 500 g/mol. The van der Waals surface area contributed by atoms with Crippen molar-refractivity contribution in [1.82, 2.24) is 15.3 Å². The Morgan fingerprint density at radius 2 is 1.69 bits per heavy atom. The number of carbonyl (C=O) groups excluding carboxylic acids is 1. The van der Waals surface area contributed by atoms with Crippen LogP contribution in [0.1, 0.15) is 35.6 Å². The van der Waals surface area contributed by atoms with Gasteiger partial charge in [0, 0.05) is 36.8 Å². The number of amides is 1. The molecular formula is C29H30N4O6. The predicted molar refractivity (Wildman–Crippen MR) is 148 cm³/mol. The molecule has 202 valence electrons. The maximum atomic E-state index is 13.0. The van der Waals surface area contributed by atoms with Crippen LogP contribution in [0, 0.1) is 0 Å². The number of carboxylic acid groups (broad SMARTS) is 1. The van der Waals surface area contributed by atoms with Crippen molar-refractivity contribution in [2.75, 3.05) is 33.2 Å². The molecule has 0 bridgehead atoms. The molecule has 0 saturated carbocycles. The average molecular weight is 531 g/mol. The second-order valence-electron chi connectivity index (χ2n) is 8.79. The Morgan fingerprint density at radius 3 is 2.31 bits per heavy atom. The maximum absolute atomic E-state index is 13.0. The third kappa shape index (κ3) is 6.18. The van der Waals surface area contributed by atoms with Gasteiger partial charge in [-0.25, -0.2) is 4.98 Å². The quantitative estimate of drug-likeness (QED) is 0.336. The number of hydrogen-bond acceptors (Lipinski definition) is 8. The Hall–Kier alpha value is -4.86. The number of nitrogens with one attached hydrogen (secondary N) is 2. The number of ether oxygens (including phenoxy) is 3. The summed E-state index contributed by atoms with van der Waals surface area (Å²) in [5, 5.41) is 14.9. The van der Waals surface area contributed by atoms with Crippen molar-refractivity contribution in [3.63, 3.8) is 0 Å². The van der Waals surface area contributed by atoms with Gasteiger partial charge in [-0.2, -0.15) is 0 Å². The van der Waals surface area contributed by atoms with Gasteiger partial charge in [0.05, 0.1) is 27.8 Å². The van der Waals surface area contributed by atoms with Crippen molar-refractivity contribution in [3.05, 3.63) is 76.7 Å². The van der Waals surface area contributed by atoms with Crippen LogP contribution in [-0.4, -0.2) is 54.8 Å². The van der Waals surface area contributed by atoms with E-state index in [2.05, 4.69) is 20.6 Å². The standard InChI is InChI=1S/C29H30N4O6/c1-17-20(9-19-10-24(37-2)29(25(11-19)38-3)33-16-28(35)36)23-15-32-27(39-4)13-22(23)21(17)12-26(34)31-14-18-5-7-30-8-6-18/h5-11,13,15,33H,12,14,16H2,1-4H3,(H,31,34)(H,35,36). The van der Waals surface area contributed by atoms with E-state index in [4.69, 9.17) is 19.3 Å². The van der Waals surface area contributed by atoms with Crippen LogP contribution in [0.2, 0.25) is 0 Å². The summed E-state index contributed by atoms with van der Waals surface area (Å²) < 4.78 is 16.4. The highest BCUT2D eigenvalue weighted by atomic mass is 16.5. The normalized spacial score (nSPS) is 13.2. The fraction of sp³-hybridized carbons (Fsp3) is 0.241. The number of carbonyl (C=O) groups is 2. The molecule has 0 atom stereocenters. The van der Waals surface area contributed by atoms with Crippen molar-refractivity contribution >= 4 is 34.8 Å². The highest BCUT2D eigenvalue weighted by Gasteiger charge is 2.27. The minimum absolute atomic E-state index is 0.110. The van der Waals surface area contributed by atoms with Gasteiger partial charge >= 0.3 is 5.97 Å². The second-order valence-corrected chi connectivity index (χ2v) is 8.79. The van der Waals surface area contributed by atoms with E-state index in [0.29, 0.717) is 29.6 Å². The summed E-state index contributed by atoms with van der Waals surface area (Å²) >= 11 is 0. The summed E-state index contributed by atoms with van der Waals surface area (Å²) in [5.41, 5.74) is 6.64. The lowest BCUT2D eigenvalue weighted by molar-refractivity contribution is -0.135. The predicted octanol–water partition coefficient (Wildman–Crippen LogP) is 4.03. The lowest BCUT2D eigenvalue weighted by atomic mass is 10.0. The van der Waals surface area contributed by atoms with Crippen molar-refractivity contribution in [2.45, 2.75) is 19.9 Å². The van der Waals surface area contributed by atoms with Gasteiger partial charge in [-0.15, -0.1) is 0 Å². The Bertz CT molecular complexity index is 1420. The fourth-order valence-electron chi connectivity index (χ4n) is 4.44. The first-order valence-electron chi connectivity index (χ1n) is 12.2. The lowest BCUT2D eigenvalue weighted by Crippen LogP contribution is -2.22. The number of benzene rings is 1. The van der Waals surface area contributed by atoms with Crippen LogP contribution in [0.4, 0.5) is 5.69 Å². The molecule has 2 aromatic heterocycles. The largest absolute Gasteiger partial charge is 0.494 e. The van der Waals surface area contributed by atoms with E-state index in [9.17, 15) is 9.59 Å². The van der Waals surface area contributed by atoms with Gasteiger partial charge in [-0.3, -0.25) is 14.6 Å². The number of aromatic nitrogens is 2. The Labute approximate surface area is 226 Å². The molecule has 0 saturated heterocycles. The van der Waals surface area contributed by atoms with Crippen molar-refractivity contribution in [2.24, 2.45) is 0 Å². The third-order valence-electron chi connectivity index (χ3n) is 6.39. The smallest absolute Gasteiger partial charge is 0.322 e. The summed E-state index contributed by atoms with van der Waals surface area (Å²) in [5.74, 6) is 0.210. The van der Waals surface area contributed by atoms with Gasteiger partial charge < -0.3 is 30.0 Å². The summed E-state index contributed by atoms with van der Waals surface area (Å²) in [7, 11) is 4.57. The van der Waals surface area contributed by atoms with Crippen LogP contribution in [-0.2, 0) is 16.1 Å². The van der Waals surface area contributed by atoms with Crippen molar-refractivity contribution < 1.29 is 28.9 Å². The number of pyridine rings is 2. The SMILES string of the molecule is COc1cc2c(cn1)C(=Cc1cc(OC)c(NCC(=O)O)c(OC)c1)C(C)=C2CC(=O)NCc1ccncc1. The molecule has 0 unspecified atom stereocenters. The number of rotatable bonds is 11. The van der Waals surface area contributed by atoms with Crippen molar-refractivity contribution in [3.8, 4) is 17.4 Å². The summed E-state index contributed by atoms with van der Waals surface area (Å²) in [6.07, 6.45) is 7.27. The third-order valence-corrected chi connectivity index (χ3v) is 6.39. The summed E-state index contributed by atoms with van der Waals surface area (Å²) in [4.78, 5) is 32.4. The molecule has 0 radical (unpaired) electrons. The molecule has 1 aliphatic carbocycles. The van der Waals surface area contributed by atoms with Gasteiger partial charge in [-0.05, 0) is 70.7 Å². The molecule has 1 aromatic carbocycles. The topological polar surface area (TPSA) is 132 Å². The highest BCUT2D eigenvalue weighted by Crippen LogP contribution is 2.45. The van der Waals surface area contributed by atoms with Gasteiger partial charge in [0.2, 0.25) is 11.8 Å². The number of aliphatic carboxylic acids is 1. The van der Waals surface area contributed by atoms with E-state index in [-0.39, 0.29) is 18.9 Å². The lowest BCUT2D eigenvalue weighted by Gasteiger charge is -2.15. The molecule has 39 heavy (non-hydrogen) atoms. The first-order valence-corrected chi connectivity index (χ1v) is 12.2. The maximum Gasteiger partial charge on any atom is 0.322 e. The Morgan fingerprint density at radius 1 is 1.00 bits per heavy atom. The Kier molecular flexibility index (Phi) is 8.45. The first kappa shape index (κ1) is 27.2. The molecule has 0 spiro atoms. The van der Waals surface area contributed by atoms with E-state index >= 15 is 0 Å². The number of fused-ring (bicyclic) bond motifs is 1. The molecule has 10 nitrogen and oxygen atoms in total. The van der Waals surface area contributed by atoms with Crippen LogP contribution in [0.15, 0.2) is 54.5 Å². The number of anilines is 1. The monoisotopic (exact) mass is 530 g/mol. The molecule has 3 N–H and O–H groups in total. The number of methoxy groups -OCH3 is 3. The zero-order valence-electron chi connectivity index (χ0n) is 22.2. The molecule has 0 aliphatic heterocycles. The van der Waals surface area contributed by atoms with Crippen LogP contribution in [0.3, 0.4) is 0 Å². The minimum Gasteiger partial charge on any atom is -0.494 e. The van der Waals surface area contributed by atoms with Gasteiger partial charge in [-0.1, -0.05) is 0 Å². The fourth-order valence-corrected chi connectivity index (χ4v) is 4.44. The van der Waals surface area contributed by atoms with Gasteiger partial charge in [0.1, 0.15) is 23.7 Å². The summed E-state index contributed by atoms with van der Waals surface area (Å²) in [6.45, 7) is 2.09. The highest BCUT2D eigenvalue weighted by molar-refractivity contribution is 6.08. The van der Waals surface area contributed by atoms with Gasteiger partial charge in [0.15, 0.2) is 0 Å². The zero-order chi connectivity index (χ0) is 27.9. The van der Waals surface area contributed by atoms with E-state index in [1.165, 1.54) is 14.2 Å². The number of nitrogens with zero attached hydrogens (tertiary/aromatic N) is 2. The number of hydrogen-bond donors (Lipinski definition) is 3. The molecule has 10 heteroatoms. The minimum atomic E-state index is -1.01. The van der Waals surface area contributed by atoms with Crippen LogP contribution < -0.4 is 24.8 Å². The second kappa shape index (κ2) is 12.1. The summed E-state index contributed by atoms with van der Waals surface area (Å²) in [6, 6.07) is 9.15. The van der Waals surface area contributed by atoms with E-state index < -0.39 is 5.97 Å². The molecule has 0 fully saturated rings. The van der Waals surface area contributed by atoms with E-state index in [1.54, 1.807) is 37.8 Å². The molecule has 1 amide bonds.